The Morgan fingerprint density at radius 2 is 2.10 bits per heavy atom. The zero-order chi connectivity index (χ0) is 16.0. The van der Waals surface area contributed by atoms with E-state index in [2.05, 4.69) is 9.46 Å². The lowest BCUT2D eigenvalue weighted by Crippen LogP contribution is -2.33. The van der Waals surface area contributed by atoms with Crippen LogP contribution in [-0.2, 0) is 14.8 Å². The number of ether oxygens (including phenoxy) is 1. The van der Waals surface area contributed by atoms with Crippen molar-refractivity contribution < 1.29 is 22.3 Å². The molecule has 1 N–H and O–H groups in total. The molecule has 0 radical (unpaired) electrons. The van der Waals surface area contributed by atoms with Gasteiger partial charge < -0.3 is 9.64 Å². The van der Waals surface area contributed by atoms with E-state index < -0.39 is 26.7 Å². The van der Waals surface area contributed by atoms with Gasteiger partial charge in [0.05, 0.1) is 17.6 Å². The van der Waals surface area contributed by atoms with Gasteiger partial charge in [-0.3, -0.25) is 0 Å². The van der Waals surface area contributed by atoms with Crippen molar-refractivity contribution in [3.63, 3.8) is 0 Å². The number of halogens is 1. The van der Waals surface area contributed by atoms with Gasteiger partial charge in [-0.15, -0.1) is 0 Å². The highest BCUT2D eigenvalue weighted by Gasteiger charge is 2.23. The fourth-order valence-electron chi connectivity index (χ4n) is 1.60. The third kappa shape index (κ3) is 4.76. The van der Waals surface area contributed by atoms with E-state index in [1.807, 2.05) is 18.9 Å². The molecule has 0 atom stereocenters. The largest absolute Gasteiger partial charge is 0.465 e. The summed E-state index contributed by atoms with van der Waals surface area (Å²) in [4.78, 5) is 13.1. The average molecular weight is 318 g/mol. The predicted molar refractivity (Wildman–Crippen MR) is 76.1 cm³/mol. The summed E-state index contributed by atoms with van der Waals surface area (Å²) in [6.45, 7) is 3.37. The highest BCUT2D eigenvalue weighted by molar-refractivity contribution is 7.89. The minimum absolute atomic E-state index is 0.157. The van der Waals surface area contributed by atoms with E-state index in [0.29, 0.717) is 6.54 Å². The van der Waals surface area contributed by atoms with Crippen LogP contribution in [0.3, 0.4) is 0 Å². The highest BCUT2D eigenvalue weighted by atomic mass is 32.2. The maximum Gasteiger partial charge on any atom is 0.339 e. The van der Waals surface area contributed by atoms with E-state index in [9.17, 15) is 17.6 Å². The number of rotatable bonds is 7. The number of nitrogens with zero attached hydrogens (tertiary/aromatic N) is 1. The molecule has 0 amide bonds. The van der Waals surface area contributed by atoms with Crippen LogP contribution in [0.2, 0.25) is 0 Å². The Labute approximate surface area is 123 Å². The summed E-state index contributed by atoms with van der Waals surface area (Å²) < 4.78 is 44.5. The molecule has 6 nitrogen and oxygen atoms in total. The first-order valence-electron chi connectivity index (χ1n) is 6.38. The molecule has 0 aromatic heterocycles. The van der Waals surface area contributed by atoms with Gasteiger partial charge in [-0.1, -0.05) is 6.92 Å². The second-order valence-corrected chi connectivity index (χ2v) is 6.16. The summed E-state index contributed by atoms with van der Waals surface area (Å²) in [5, 5.41) is 0. The van der Waals surface area contributed by atoms with E-state index in [0.717, 1.165) is 31.9 Å². The molecule has 0 aliphatic rings. The van der Waals surface area contributed by atoms with E-state index in [1.54, 1.807) is 0 Å². The van der Waals surface area contributed by atoms with Gasteiger partial charge in [-0.25, -0.2) is 22.3 Å². The Morgan fingerprint density at radius 3 is 2.67 bits per heavy atom. The van der Waals surface area contributed by atoms with Gasteiger partial charge in [0.15, 0.2) is 0 Å². The van der Waals surface area contributed by atoms with Gasteiger partial charge in [-0.2, -0.15) is 0 Å². The standard InChI is InChI=1S/C13H19FN2O4S/c1-4-16(2)8-7-15-21(18,19)12-9-10(14)5-6-11(12)13(17)20-3/h5-6,9,15H,4,7-8H2,1-3H3. The third-order valence-corrected chi connectivity index (χ3v) is 4.46. The topological polar surface area (TPSA) is 75.7 Å². The monoisotopic (exact) mass is 318 g/mol. The zero-order valence-electron chi connectivity index (χ0n) is 12.2. The highest BCUT2D eigenvalue weighted by Crippen LogP contribution is 2.18. The van der Waals surface area contributed by atoms with E-state index in [1.165, 1.54) is 0 Å². The molecule has 1 rings (SSSR count). The third-order valence-electron chi connectivity index (χ3n) is 2.96. The second-order valence-electron chi connectivity index (χ2n) is 4.43. The number of methoxy groups -OCH3 is 1. The van der Waals surface area contributed by atoms with Crippen LogP contribution >= 0.6 is 0 Å². The number of hydrogen-bond donors (Lipinski definition) is 1. The van der Waals surface area contributed by atoms with Crippen molar-refractivity contribution in [3.8, 4) is 0 Å². The molecule has 0 aliphatic heterocycles. The van der Waals surface area contributed by atoms with Crippen LogP contribution in [0.1, 0.15) is 17.3 Å². The normalized spacial score (nSPS) is 11.7. The van der Waals surface area contributed by atoms with Crippen molar-refractivity contribution in [2.75, 3.05) is 33.8 Å². The van der Waals surface area contributed by atoms with Crippen molar-refractivity contribution in [1.29, 1.82) is 0 Å². The van der Waals surface area contributed by atoms with Gasteiger partial charge in [0.2, 0.25) is 10.0 Å². The minimum atomic E-state index is -3.99. The van der Waals surface area contributed by atoms with Gasteiger partial charge in [0, 0.05) is 13.1 Å². The summed E-state index contributed by atoms with van der Waals surface area (Å²) in [5.74, 6) is -1.57. The lowest BCUT2D eigenvalue weighted by molar-refractivity contribution is 0.0596. The first-order valence-corrected chi connectivity index (χ1v) is 7.86. The van der Waals surface area contributed by atoms with Gasteiger partial charge >= 0.3 is 5.97 Å². The molecule has 0 saturated heterocycles. The number of likely N-dealkylation sites (N-methyl/N-ethyl adjacent to an activating group) is 1. The molecule has 1 aromatic carbocycles. The molecular weight excluding hydrogens is 299 g/mol. The van der Waals surface area contributed by atoms with E-state index in [4.69, 9.17) is 0 Å². The Balaban J connectivity index is 3.01. The molecule has 0 saturated carbocycles. The first kappa shape index (κ1) is 17.5. The summed E-state index contributed by atoms with van der Waals surface area (Å²) >= 11 is 0. The minimum Gasteiger partial charge on any atom is -0.465 e. The van der Waals surface area contributed by atoms with Gasteiger partial charge in [-0.05, 0) is 31.8 Å². The molecule has 0 aliphatic carbocycles. The molecule has 21 heavy (non-hydrogen) atoms. The first-order chi connectivity index (χ1) is 9.81. The van der Waals surface area contributed by atoms with Crippen molar-refractivity contribution >= 4 is 16.0 Å². The van der Waals surface area contributed by atoms with Crippen LogP contribution in [0.5, 0.6) is 0 Å². The van der Waals surface area contributed by atoms with Crippen LogP contribution in [0, 0.1) is 5.82 Å². The Bertz CT molecular complexity index is 604. The number of carbonyl (C=O) groups excluding carboxylic acids is 1. The quantitative estimate of drug-likeness (QED) is 0.754. The lowest BCUT2D eigenvalue weighted by atomic mass is 10.2. The van der Waals surface area contributed by atoms with Crippen molar-refractivity contribution in [1.82, 2.24) is 9.62 Å². The van der Waals surface area contributed by atoms with Gasteiger partial charge in [0.1, 0.15) is 5.82 Å². The number of carbonyl (C=O) groups is 1. The molecular formula is C13H19FN2O4S. The number of nitrogens with one attached hydrogen (secondary N) is 1. The average Bonchev–Trinajstić information content (AvgIpc) is 2.45. The number of hydrogen-bond acceptors (Lipinski definition) is 5. The van der Waals surface area contributed by atoms with Crippen LogP contribution in [0.4, 0.5) is 4.39 Å². The molecule has 0 heterocycles. The van der Waals surface area contributed by atoms with Crippen molar-refractivity contribution in [2.24, 2.45) is 0 Å². The fourth-order valence-corrected chi connectivity index (χ4v) is 2.83. The number of sulfonamides is 1. The number of esters is 1. The molecule has 0 spiro atoms. The predicted octanol–water partition coefficient (Wildman–Crippen LogP) is 0.842. The smallest absolute Gasteiger partial charge is 0.339 e. The van der Waals surface area contributed by atoms with Crippen LogP contribution < -0.4 is 4.72 Å². The molecule has 0 unspecified atom stereocenters. The van der Waals surface area contributed by atoms with E-state index in [-0.39, 0.29) is 12.1 Å². The maximum absolute atomic E-state index is 13.3. The Hall–Kier alpha value is -1.51. The maximum atomic E-state index is 13.3. The Morgan fingerprint density at radius 1 is 1.43 bits per heavy atom. The van der Waals surface area contributed by atoms with Crippen molar-refractivity contribution in [3.05, 3.63) is 29.6 Å². The lowest BCUT2D eigenvalue weighted by Gasteiger charge is -2.15. The van der Waals surface area contributed by atoms with E-state index >= 15 is 0 Å². The molecule has 1 aromatic rings. The zero-order valence-corrected chi connectivity index (χ0v) is 13.0. The fraction of sp³-hybridized carbons (Fsp3) is 0.462. The van der Waals surface area contributed by atoms with Crippen LogP contribution in [0.25, 0.3) is 0 Å². The van der Waals surface area contributed by atoms with Crippen molar-refractivity contribution in [2.45, 2.75) is 11.8 Å². The number of benzene rings is 1. The summed E-state index contributed by atoms with van der Waals surface area (Å²) in [6.07, 6.45) is 0. The summed E-state index contributed by atoms with van der Waals surface area (Å²) in [6, 6.07) is 2.90. The molecule has 8 heteroatoms. The SMILES string of the molecule is CCN(C)CCNS(=O)(=O)c1cc(F)ccc1C(=O)OC. The Kier molecular flexibility index (Phi) is 6.25. The molecule has 0 fully saturated rings. The summed E-state index contributed by atoms with van der Waals surface area (Å²) in [5.41, 5.74) is -0.199. The van der Waals surface area contributed by atoms with Gasteiger partial charge in [0.25, 0.3) is 0 Å². The second kappa shape index (κ2) is 7.48. The molecule has 118 valence electrons. The van der Waals surface area contributed by atoms with Crippen LogP contribution in [0.15, 0.2) is 23.1 Å². The van der Waals surface area contributed by atoms with Crippen LogP contribution in [-0.4, -0.2) is 53.1 Å². The molecule has 0 bridgehead atoms. The summed E-state index contributed by atoms with van der Waals surface area (Å²) in [7, 11) is -1.02.